The van der Waals surface area contributed by atoms with Gasteiger partial charge in [0.2, 0.25) is 5.91 Å². The van der Waals surface area contributed by atoms with Crippen molar-refractivity contribution in [1.82, 2.24) is 15.2 Å². The first kappa shape index (κ1) is 19.7. The molecule has 1 aliphatic heterocycles. The van der Waals surface area contributed by atoms with Gasteiger partial charge < -0.3 is 10.2 Å². The lowest BCUT2D eigenvalue weighted by Gasteiger charge is -2.25. The third-order valence-corrected chi connectivity index (χ3v) is 5.90. The van der Waals surface area contributed by atoms with Crippen molar-refractivity contribution >= 4 is 34.5 Å². The highest BCUT2D eigenvalue weighted by atomic mass is 32.2. The molecular weight excluding hydrogens is 358 g/mol. The Bertz CT molecular complexity index is 819. The monoisotopic (exact) mass is 385 g/mol. The maximum atomic E-state index is 13.2. The van der Waals surface area contributed by atoms with Crippen molar-refractivity contribution < 1.29 is 9.59 Å². The first-order valence-electron chi connectivity index (χ1n) is 9.50. The van der Waals surface area contributed by atoms with Crippen molar-refractivity contribution in [3.05, 3.63) is 42.1 Å². The molecule has 2 aromatic rings. The number of fused-ring (bicyclic) bond motifs is 1. The molecule has 5 nitrogen and oxygen atoms in total. The van der Waals surface area contributed by atoms with Gasteiger partial charge in [0, 0.05) is 28.9 Å². The largest absolute Gasteiger partial charge is 0.352 e. The van der Waals surface area contributed by atoms with Gasteiger partial charge in [0.05, 0.1) is 11.4 Å². The van der Waals surface area contributed by atoms with E-state index in [2.05, 4.69) is 24.1 Å². The third-order valence-electron chi connectivity index (χ3n) is 4.89. The van der Waals surface area contributed by atoms with Crippen LogP contribution in [0.4, 0.5) is 0 Å². The minimum atomic E-state index is -0.420. The number of thioether (sulfide) groups is 1. The SMILES string of the molecule is CC(C)CCC(C)NC(=O)C1CSCN1C(=O)c1cccc2ncccc12. The van der Waals surface area contributed by atoms with Crippen molar-refractivity contribution in [2.45, 2.75) is 45.7 Å². The fourth-order valence-corrected chi connectivity index (χ4v) is 4.45. The molecule has 2 unspecified atom stereocenters. The van der Waals surface area contributed by atoms with Crippen LogP contribution in [-0.4, -0.2) is 45.4 Å². The third kappa shape index (κ3) is 4.61. The quantitative estimate of drug-likeness (QED) is 0.824. The molecule has 1 aromatic carbocycles. The number of hydrogen-bond donors (Lipinski definition) is 1. The molecule has 1 saturated heterocycles. The Kier molecular flexibility index (Phi) is 6.37. The molecule has 3 rings (SSSR count). The zero-order chi connectivity index (χ0) is 19.4. The number of carbonyl (C=O) groups is 2. The summed E-state index contributed by atoms with van der Waals surface area (Å²) in [7, 11) is 0. The van der Waals surface area contributed by atoms with Crippen LogP contribution in [-0.2, 0) is 4.79 Å². The molecule has 1 fully saturated rings. The first-order valence-corrected chi connectivity index (χ1v) is 10.7. The summed E-state index contributed by atoms with van der Waals surface area (Å²) in [6.45, 7) is 6.40. The lowest BCUT2D eigenvalue weighted by atomic mass is 10.0. The molecule has 144 valence electrons. The summed E-state index contributed by atoms with van der Waals surface area (Å²) in [5.41, 5.74) is 1.40. The van der Waals surface area contributed by atoms with Crippen molar-refractivity contribution in [1.29, 1.82) is 0 Å². The highest BCUT2D eigenvalue weighted by Crippen LogP contribution is 2.26. The van der Waals surface area contributed by atoms with Gasteiger partial charge in [-0.3, -0.25) is 14.6 Å². The summed E-state index contributed by atoms with van der Waals surface area (Å²) in [6, 6.07) is 8.98. The van der Waals surface area contributed by atoms with E-state index in [4.69, 9.17) is 0 Å². The summed E-state index contributed by atoms with van der Waals surface area (Å²) in [4.78, 5) is 32.0. The number of carbonyl (C=O) groups excluding carboxylic acids is 2. The van der Waals surface area contributed by atoms with Gasteiger partial charge in [-0.2, -0.15) is 0 Å². The summed E-state index contributed by atoms with van der Waals surface area (Å²) < 4.78 is 0. The molecule has 0 saturated carbocycles. The summed E-state index contributed by atoms with van der Waals surface area (Å²) in [5.74, 6) is 1.63. The highest BCUT2D eigenvalue weighted by Gasteiger charge is 2.36. The molecule has 1 aromatic heterocycles. The molecule has 2 atom stereocenters. The molecule has 2 amide bonds. The van der Waals surface area contributed by atoms with E-state index in [-0.39, 0.29) is 17.9 Å². The van der Waals surface area contributed by atoms with Gasteiger partial charge in [0.1, 0.15) is 6.04 Å². The molecule has 1 N–H and O–H groups in total. The average Bonchev–Trinajstić information content (AvgIpc) is 3.15. The Balaban J connectivity index is 1.73. The van der Waals surface area contributed by atoms with Crippen molar-refractivity contribution in [2.75, 3.05) is 11.6 Å². The lowest BCUT2D eigenvalue weighted by Crippen LogP contribution is -2.49. The standard InChI is InChI=1S/C21H27N3O2S/c1-14(2)9-10-15(3)23-20(25)19-12-27-13-24(19)21(26)17-6-4-8-18-16(17)7-5-11-22-18/h4-8,11,14-15,19H,9-10,12-13H2,1-3H3,(H,23,25). The second kappa shape index (κ2) is 8.74. The molecule has 0 spiro atoms. The number of rotatable bonds is 6. The zero-order valence-electron chi connectivity index (χ0n) is 16.1. The Morgan fingerprint density at radius 1 is 1.22 bits per heavy atom. The average molecular weight is 386 g/mol. The smallest absolute Gasteiger partial charge is 0.255 e. The number of hydrogen-bond acceptors (Lipinski definition) is 4. The number of aromatic nitrogens is 1. The number of amides is 2. The van der Waals surface area contributed by atoms with Gasteiger partial charge in [-0.1, -0.05) is 26.0 Å². The fourth-order valence-electron chi connectivity index (χ4n) is 3.30. The summed E-state index contributed by atoms with van der Waals surface area (Å²) in [5, 5.41) is 3.92. The van der Waals surface area contributed by atoms with Crippen LogP contribution in [0.25, 0.3) is 10.9 Å². The molecule has 2 heterocycles. The second-order valence-electron chi connectivity index (χ2n) is 7.55. The van der Waals surface area contributed by atoms with Crippen LogP contribution in [0.3, 0.4) is 0 Å². The molecule has 27 heavy (non-hydrogen) atoms. The summed E-state index contributed by atoms with van der Waals surface area (Å²) in [6.07, 6.45) is 3.75. The number of benzene rings is 1. The van der Waals surface area contributed by atoms with Crippen molar-refractivity contribution in [2.24, 2.45) is 5.92 Å². The minimum Gasteiger partial charge on any atom is -0.352 e. The molecule has 0 aliphatic carbocycles. The number of nitrogens with zero attached hydrogens (tertiary/aromatic N) is 2. The minimum absolute atomic E-state index is 0.0528. The van der Waals surface area contributed by atoms with Crippen molar-refractivity contribution in [3.63, 3.8) is 0 Å². The van der Waals surface area contributed by atoms with Gasteiger partial charge in [-0.15, -0.1) is 11.8 Å². The zero-order valence-corrected chi connectivity index (χ0v) is 17.0. The highest BCUT2D eigenvalue weighted by molar-refractivity contribution is 7.99. The van der Waals surface area contributed by atoms with Gasteiger partial charge in [-0.05, 0) is 43.9 Å². The van der Waals surface area contributed by atoms with Crippen molar-refractivity contribution in [3.8, 4) is 0 Å². The Hall–Kier alpha value is -2.08. The van der Waals surface area contributed by atoms with E-state index >= 15 is 0 Å². The Morgan fingerprint density at radius 2 is 2.04 bits per heavy atom. The maximum absolute atomic E-state index is 13.2. The topological polar surface area (TPSA) is 62.3 Å². The predicted octanol–water partition coefficient (Wildman–Crippen LogP) is 3.69. The molecule has 1 aliphatic rings. The first-order chi connectivity index (χ1) is 13.0. The van der Waals surface area contributed by atoms with Crippen LogP contribution in [0.2, 0.25) is 0 Å². The van der Waals surface area contributed by atoms with Crippen LogP contribution in [0, 0.1) is 5.92 Å². The van der Waals surface area contributed by atoms with Crippen LogP contribution in [0.1, 0.15) is 44.0 Å². The van der Waals surface area contributed by atoms with Gasteiger partial charge in [0.15, 0.2) is 0 Å². The molecular formula is C21H27N3O2S. The molecule has 0 bridgehead atoms. The van der Waals surface area contributed by atoms with Crippen LogP contribution < -0.4 is 5.32 Å². The Morgan fingerprint density at radius 3 is 2.81 bits per heavy atom. The van der Waals surface area contributed by atoms with Gasteiger partial charge in [-0.25, -0.2) is 0 Å². The summed E-state index contributed by atoms with van der Waals surface area (Å²) >= 11 is 1.62. The van der Waals surface area contributed by atoms with E-state index in [1.54, 1.807) is 22.9 Å². The van der Waals surface area contributed by atoms with E-state index in [1.165, 1.54) is 0 Å². The fraction of sp³-hybridized carbons (Fsp3) is 0.476. The predicted molar refractivity (Wildman–Crippen MR) is 111 cm³/mol. The van der Waals surface area contributed by atoms with Gasteiger partial charge >= 0.3 is 0 Å². The van der Waals surface area contributed by atoms with E-state index in [0.29, 0.717) is 23.1 Å². The van der Waals surface area contributed by atoms with E-state index < -0.39 is 6.04 Å². The number of pyridine rings is 1. The molecule has 0 radical (unpaired) electrons. The lowest BCUT2D eigenvalue weighted by molar-refractivity contribution is -0.125. The van der Waals surface area contributed by atoms with E-state index in [0.717, 1.165) is 23.7 Å². The Labute approximate surface area is 164 Å². The van der Waals surface area contributed by atoms with E-state index in [1.807, 2.05) is 37.3 Å². The van der Waals surface area contributed by atoms with Gasteiger partial charge in [0.25, 0.3) is 5.91 Å². The maximum Gasteiger partial charge on any atom is 0.255 e. The van der Waals surface area contributed by atoms with Crippen LogP contribution in [0.15, 0.2) is 36.5 Å². The van der Waals surface area contributed by atoms with Crippen LogP contribution in [0.5, 0.6) is 0 Å². The second-order valence-corrected chi connectivity index (χ2v) is 8.55. The van der Waals surface area contributed by atoms with Crippen LogP contribution >= 0.6 is 11.8 Å². The van der Waals surface area contributed by atoms with E-state index in [9.17, 15) is 9.59 Å². The molecule has 6 heteroatoms. The normalized spacial score (nSPS) is 18.1. The number of nitrogens with one attached hydrogen (secondary N) is 1.